The van der Waals surface area contributed by atoms with E-state index in [4.69, 9.17) is 5.11 Å². The van der Waals surface area contributed by atoms with Crippen LogP contribution in [0.25, 0.3) is 22.0 Å². The minimum absolute atomic E-state index is 0.0280. The van der Waals surface area contributed by atoms with Gasteiger partial charge in [0.25, 0.3) is 0 Å². The van der Waals surface area contributed by atoms with Gasteiger partial charge in [-0.3, -0.25) is 9.48 Å². The number of fused-ring (bicyclic) bond motifs is 1. The number of halogens is 1. The Balaban J connectivity index is 1.93. The fourth-order valence-corrected chi connectivity index (χ4v) is 2.17. The number of H-pyrrole nitrogens is 1. The highest BCUT2D eigenvalue weighted by Crippen LogP contribution is 2.28. The number of benzene rings is 1. The first-order chi connectivity index (χ1) is 9.63. The Morgan fingerprint density at radius 1 is 1.45 bits per heavy atom. The number of aryl methyl sites for hydroxylation is 1. The molecule has 3 rings (SSSR count). The van der Waals surface area contributed by atoms with E-state index in [-0.39, 0.29) is 12.2 Å². The molecule has 0 amide bonds. The van der Waals surface area contributed by atoms with E-state index in [1.807, 2.05) is 0 Å². The highest BCUT2D eigenvalue weighted by molar-refractivity contribution is 5.95. The molecule has 5 nitrogen and oxygen atoms in total. The average Bonchev–Trinajstić information content (AvgIpc) is 3.01. The number of aromatic nitrogens is 3. The minimum Gasteiger partial charge on any atom is -0.481 e. The summed E-state index contributed by atoms with van der Waals surface area (Å²) in [6.07, 6.45) is 5.28. The van der Waals surface area contributed by atoms with Crippen molar-refractivity contribution in [3.63, 3.8) is 0 Å². The van der Waals surface area contributed by atoms with Crippen molar-refractivity contribution in [3.05, 3.63) is 42.6 Å². The molecular weight excluding hydrogens is 261 g/mol. The number of nitrogens with one attached hydrogen (secondary N) is 1. The Morgan fingerprint density at radius 3 is 3.10 bits per heavy atom. The SMILES string of the molecule is O=C(O)CCn1cc(-c2c[nH]c3cc(F)ccc23)cn1. The van der Waals surface area contributed by atoms with E-state index in [0.29, 0.717) is 6.54 Å². The second kappa shape index (κ2) is 4.80. The lowest BCUT2D eigenvalue weighted by Gasteiger charge is -1.97. The number of aromatic amines is 1. The maximum Gasteiger partial charge on any atom is 0.305 e. The van der Waals surface area contributed by atoms with Crippen molar-refractivity contribution >= 4 is 16.9 Å². The van der Waals surface area contributed by atoms with Crippen molar-refractivity contribution in [2.45, 2.75) is 13.0 Å². The summed E-state index contributed by atoms with van der Waals surface area (Å²) in [5, 5.41) is 13.7. The maximum absolute atomic E-state index is 13.1. The molecule has 0 saturated heterocycles. The number of carboxylic acids is 1. The van der Waals surface area contributed by atoms with Crippen molar-refractivity contribution in [2.24, 2.45) is 0 Å². The highest BCUT2D eigenvalue weighted by Gasteiger charge is 2.09. The second-order valence-corrected chi connectivity index (χ2v) is 4.53. The van der Waals surface area contributed by atoms with Crippen molar-refractivity contribution in [1.29, 1.82) is 0 Å². The maximum atomic E-state index is 13.1. The van der Waals surface area contributed by atoms with Gasteiger partial charge in [0.05, 0.1) is 19.2 Å². The molecule has 102 valence electrons. The molecule has 3 aromatic rings. The monoisotopic (exact) mass is 273 g/mol. The smallest absolute Gasteiger partial charge is 0.305 e. The third-order valence-corrected chi connectivity index (χ3v) is 3.14. The van der Waals surface area contributed by atoms with Gasteiger partial charge < -0.3 is 10.1 Å². The number of hydrogen-bond acceptors (Lipinski definition) is 2. The van der Waals surface area contributed by atoms with Gasteiger partial charge in [0.15, 0.2) is 0 Å². The fraction of sp³-hybridized carbons (Fsp3) is 0.143. The van der Waals surface area contributed by atoms with E-state index in [2.05, 4.69) is 10.1 Å². The lowest BCUT2D eigenvalue weighted by atomic mass is 10.1. The lowest BCUT2D eigenvalue weighted by Crippen LogP contribution is -2.04. The van der Waals surface area contributed by atoms with Crippen LogP contribution in [0.5, 0.6) is 0 Å². The van der Waals surface area contributed by atoms with Crippen LogP contribution < -0.4 is 0 Å². The molecule has 1 aromatic carbocycles. The number of carboxylic acid groups (broad SMARTS) is 1. The van der Waals surface area contributed by atoms with Gasteiger partial charge in [-0.15, -0.1) is 0 Å². The van der Waals surface area contributed by atoms with Gasteiger partial charge in [-0.25, -0.2) is 4.39 Å². The molecule has 0 saturated carbocycles. The van der Waals surface area contributed by atoms with Gasteiger partial charge in [-0.05, 0) is 18.2 Å². The van der Waals surface area contributed by atoms with Crippen LogP contribution in [0.15, 0.2) is 36.8 Å². The Morgan fingerprint density at radius 2 is 2.30 bits per heavy atom. The van der Waals surface area contributed by atoms with Crippen LogP contribution >= 0.6 is 0 Å². The fourth-order valence-electron chi connectivity index (χ4n) is 2.17. The number of carbonyl (C=O) groups is 1. The van der Waals surface area contributed by atoms with Crippen LogP contribution in [0.3, 0.4) is 0 Å². The Hall–Kier alpha value is -2.63. The second-order valence-electron chi connectivity index (χ2n) is 4.53. The number of aliphatic carboxylic acids is 1. The van der Waals surface area contributed by atoms with Crippen LogP contribution in [0.1, 0.15) is 6.42 Å². The summed E-state index contributed by atoms with van der Waals surface area (Å²) in [4.78, 5) is 13.5. The zero-order valence-corrected chi connectivity index (χ0v) is 10.5. The van der Waals surface area contributed by atoms with Gasteiger partial charge in [0.2, 0.25) is 0 Å². The van der Waals surface area contributed by atoms with E-state index in [0.717, 1.165) is 22.0 Å². The summed E-state index contributed by atoms with van der Waals surface area (Å²) in [5.74, 6) is -1.15. The molecule has 0 aliphatic carbocycles. The third-order valence-electron chi connectivity index (χ3n) is 3.14. The molecule has 0 radical (unpaired) electrons. The average molecular weight is 273 g/mol. The summed E-state index contributed by atoms with van der Waals surface area (Å²) < 4.78 is 14.7. The molecule has 0 unspecified atom stereocenters. The Labute approximate surface area is 113 Å². The largest absolute Gasteiger partial charge is 0.481 e. The van der Waals surface area contributed by atoms with Crippen molar-refractivity contribution in [2.75, 3.05) is 0 Å². The molecule has 6 heteroatoms. The van der Waals surface area contributed by atoms with E-state index >= 15 is 0 Å². The standard InChI is InChI=1S/C14H12FN3O2/c15-10-1-2-11-12(7-16-13(11)5-10)9-6-17-18(8-9)4-3-14(19)20/h1-2,5-8,16H,3-4H2,(H,19,20). The first-order valence-corrected chi connectivity index (χ1v) is 6.15. The van der Waals surface area contributed by atoms with Gasteiger partial charge >= 0.3 is 5.97 Å². The van der Waals surface area contributed by atoms with Gasteiger partial charge in [0, 0.05) is 34.4 Å². The highest BCUT2D eigenvalue weighted by atomic mass is 19.1. The molecule has 0 aliphatic heterocycles. The van der Waals surface area contributed by atoms with Gasteiger partial charge in [-0.2, -0.15) is 5.10 Å². The van der Waals surface area contributed by atoms with E-state index in [9.17, 15) is 9.18 Å². The topological polar surface area (TPSA) is 70.9 Å². The molecule has 20 heavy (non-hydrogen) atoms. The van der Waals surface area contributed by atoms with Gasteiger partial charge in [-0.1, -0.05) is 0 Å². The number of hydrogen-bond donors (Lipinski definition) is 2. The lowest BCUT2D eigenvalue weighted by molar-refractivity contribution is -0.137. The molecule has 2 N–H and O–H groups in total. The zero-order valence-electron chi connectivity index (χ0n) is 10.5. The van der Waals surface area contributed by atoms with Crippen molar-refractivity contribution in [1.82, 2.24) is 14.8 Å². The normalized spacial score (nSPS) is 11.1. The molecule has 0 atom stereocenters. The summed E-state index contributed by atoms with van der Waals surface area (Å²) >= 11 is 0. The summed E-state index contributed by atoms with van der Waals surface area (Å²) in [7, 11) is 0. The van der Waals surface area contributed by atoms with Crippen LogP contribution in [-0.4, -0.2) is 25.8 Å². The van der Waals surface area contributed by atoms with Crippen LogP contribution in [0, 0.1) is 5.82 Å². The molecule has 2 heterocycles. The van der Waals surface area contributed by atoms with E-state index in [1.165, 1.54) is 12.1 Å². The molecule has 0 aliphatic rings. The van der Waals surface area contributed by atoms with Crippen molar-refractivity contribution < 1.29 is 14.3 Å². The van der Waals surface area contributed by atoms with Crippen LogP contribution in [0.4, 0.5) is 4.39 Å². The molecular formula is C14H12FN3O2. The Bertz CT molecular complexity index is 776. The minimum atomic E-state index is -0.857. The molecule has 0 fully saturated rings. The predicted molar refractivity (Wildman–Crippen MR) is 71.7 cm³/mol. The Kier molecular flexibility index (Phi) is 2.98. The number of rotatable bonds is 4. The summed E-state index contributed by atoms with van der Waals surface area (Å²) in [6, 6.07) is 4.56. The molecule has 2 aromatic heterocycles. The number of nitrogens with zero attached hydrogens (tertiary/aromatic N) is 2. The molecule has 0 bridgehead atoms. The van der Waals surface area contributed by atoms with E-state index < -0.39 is 5.97 Å². The molecule has 0 spiro atoms. The quantitative estimate of drug-likeness (QED) is 0.767. The van der Waals surface area contributed by atoms with Gasteiger partial charge in [0.1, 0.15) is 5.82 Å². The first kappa shape index (κ1) is 12.4. The van der Waals surface area contributed by atoms with E-state index in [1.54, 1.807) is 29.3 Å². The zero-order chi connectivity index (χ0) is 14.1. The van der Waals surface area contributed by atoms with Crippen LogP contribution in [0.2, 0.25) is 0 Å². The first-order valence-electron chi connectivity index (χ1n) is 6.15. The predicted octanol–water partition coefficient (Wildman–Crippen LogP) is 2.65. The third kappa shape index (κ3) is 2.27. The van der Waals surface area contributed by atoms with Crippen molar-refractivity contribution in [3.8, 4) is 11.1 Å². The van der Waals surface area contributed by atoms with Crippen LogP contribution in [-0.2, 0) is 11.3 Å². The summed E-state index contributed by atoms with van der Waals surface area (Å²) in [5.41, 5.74) is 2.51. The summed E-state index contributed by atoms with van der Waals surface area (Å²) in [6.45, 7) is 0.326.